The van der Waals surface area contributed by atoms with Crippen LogP contribution in [0.4, 0.5) is 0 Å². The van der Waals surface area contributed by atoms with E-state index >= 15 is 0 Å². The number of benzene rings is 1. The van der Waals surface area contributed by atoms with Gasteiger partial charge in [-0.1, -0.05) is 12.2 Å². The van der Waals surface area contributed by atoms with Crippen LogP contribution in [0.25, 0.3) is 6.08 Å². The minimum absolute atomic E-state index is 0.721. The zero-order chi connectivity index (χ0) is 11.0. The smallest absolute Gasteiger partial charge is 0.126 e. The van der Waals surface area contributed by atoms with Crippen LogP contribution >= 0.6 is 0 Å². The van der Waals surface area contributed by atoms with Gasteiger partial charge in [0.1, 0.15) is 5.75 Å². The first kappa shape index (κ1) is 9.91. The molecule has 0 atom stereocenters. The molecule has 2 nitrogen and oxygen atoms in total. The molecule has 2 heteroatoms. The normalized spacial score (nSPS) is 19.1. The van der Waals surface area contributed by atoms with Crippen molar-refractivity contribution in [3.8, 4) is 5.75 Å². The van der Waals surface area contributed by atoms with Crippen LogP contribution in [0.3, 0.4) is 0 Å². The fourth-order valence-electron chi connectivity index (χ4n) is 2.06. The van der Waals surface area contributed by atoms with Crippen LogP contribution in [0.1, 0.15) is 29.5 Å². The summed E-state index contributed by atoms with van der Waals surface area (Å²) in [6, 6.07) is 4.30. The summed E-state index contributed by atoms with van der Waals surface area (Å²) in [6.45, 7) is 1.46. The third-order valence-electron chi connectivity index (χ3n) is 3.24. The van der Waals surface area contributed by atoms with Crippen molar-refractivity contribution in [3.63, 3.8) is 0 Å². The molecule has 3 rings (SSSR count). The Labute approximate surface area is 95.9 Å². The lowest BCUT2D eigenvalue weighted by atomic mass is 10.0. The van der Waals surface area contributed by atoms with Crippen molar-refractivity contribution in [2.45, 2.75) is 26.1 Å². The number of ether oxygens (including phenoxy) is 2. The molecule has 1 aliphatic carbocycles. The van der Waals surface area contributed by atoms with Gasteiger partial charge in [-0.3, -0.25) is 0 Å². The van der Waals surface area contributed by atoms with Gasteiger partial charge in [0.2, 0.25) is 0 Å². The number of fused-ring (bicyclic) bond motifs is 1. The first-order valence-corrected chi connectivity index (χ1v) is 5.82. The van der Waals surface area contributed by atoms with E-state index in [1.54, 1.807) is 7.11 Å². The van der Waals surface area contributed by atoms with Gasteiger partial charge in [0.25, 0.3) is 0 Å². The van der Waals surface area contributed by atoms with Crippen LogP contribution < -0.4 is 4.74 Å². The van der Waals surface area contributed by atoms with Crippen LogP contribution in [0.2, 0.25) is 0 Å². The zero-order valence-electron chi connectivity index (χ0n) is 9.53. The van der Waals surface area contributed by atoms with Gasteiger partial charge in [-0.2, -0.15) is 0 Å². The number of hydrogen-bond donors (Lipinski definition) is 0. The molecule has 84 valence electrons. The molecule has 0 saturated heterocycles. The van der Waals surface area contributed by atoms with E-state index in [0.29, 0.717) is 0 Å². The summed E-state index contributed by atoms with van der Waals surface area (Å²) < 4.78 is 10.8. The van der Waals surface area contributed by atoms with Gasteiger partial charge >= 0.3 is 0 Å². The van der Waals surface area contributed by atoms with E-state index in [4.69, 9.17) is 9.47 Å². The standard InChI is InChI=1S/C14H16O2/c1-15-14-7-13-9-16-8-12(13)6-11(14)5-4-10-2-3-10/h4-7,10H,2-3,8-9H2,1H3/b5-4+. The summed E-state index contributed by atoms with van der Waals surface area (Å²) in [5.41, 5.74) is 3.75. The maximum absolute atomic E-state index is 5.43. The highest BCUT2D eigenvalue weighted by atomic mass is 16.5. The van der Waals surface area contributed by atoms with Crippen molar-refractivity contribution in [2.75, 3.05) is 7.11 Å². The Morgan fingerprint density at radius 2 is 2.00 bits per heavy atom. The lowest BCUT2D eigenvalue weighted by Gasteiger charge is -2.07. The predicted octanol–water partition coefficient (Wildman–Crippen LogP) is 3.15. The minimum atomic E-state index is 0.721. The number of hydrogen-bond acceptors (Lipinski definition) is 2. The SMILES string of the molecule is COc1cc2c(cc1/C=C/C1CC1)COC2. The van der Waals surface area contributed by atoms with E-state index in [1.165, 1.54) is 29.5 Å². The summed E-state index contributed by atoms with van der Waals surface area (Å²) in [7, 11) is 1.73. The minimum Gasteiger partial charge on any atom is -0.496 e. The number of rotatable bonds is 3. The van der Waals surface area contributed by atoms with Crippen LogP contribution in [0.15, 0.2) is 18.2 Å². The van der Waals surface area contributed by atoms with Crippen molar-refractivity contribution in [2.24, 2.45) is 5.92 Å². The Morgan fingerprint density at radius 3 is 2.69 bits per heavy atom. The zero-order valence-corrected chi connectivity index (χ0v) is 9.53. The van der Waals surface area contributed by atoms with E-state index in [2.05, 4.69) is 24.3 Å². The van der Waals surface area contributed by atoms with E-state index in [1.807, 2.05) is 0 Å². The summed E-state index contributed by atoms with van der Waals surface area (Å²) in [5.74, 6) is 1.76. The Morgan fingerprint density at radius 1 is 1.25 bits per heavy atom. The maximum Gasteiger partial charge on any atom is 0.126 e. The van der Waals surface area contributed by atoms with Gasteiger partial charge in [-0.15, -0.1) is 0 Å². The van der Waals surface area contributed by atoms with E-state index in [-0.39, 0.29) is 0 Å². The molecular formula is C14H16O2. The highest BCUT2D eigenvalue weighted by Crippen LogP contribution is 2.33. The fourth-order valence-corrected chi connectivity index (χ4v) is 2.06. The molecular weight excluding hydrogens is 200 g/mol. The highest BCUT2D eigenvalue weighted by molar-refractivity contribution is 5.60. The average molecular weight is 216 g/mol. The molecule has 1 aromatic rings. The topological polar surface area (TPSA) is 18.5 Å². The molecule has 16 heavy (non-hydrogen) atoms. The van der Waals surface area contributed by atoms with Crippen LogP contribution in [0.5, 0.6) is 5.75 Å². The number of allylic oxidation sites excluding steroid dienone is 1. The van der Waals surface area contributed by atoms with Crippen molar-refractivity contribution < 1.29 is 9.47 Å². The molecule has 1 aliphatic heterocycles. The first-order chi connectivity index (χ1) is 7.86. The first-order valence-electron chi connectivity index (χ1n) is 5.82. The summed E-state index contributed by atoms with van der Waals surface area (Å²) >= 11 is 0. The van der Waals surface area contributed by atoms with Crippen LogP contribution in [0, 0.1) is 5.92 Å². The van der Waals surface area contributed by atoms with Crippen LogP contribution in [-0.4, -0.2) is 7.11 Å². The van der Waals surface area contributed by atoms with Gasteiger partial charge in [0.15, 0.2) is 0 Å². The fraction of sp³-hybridized carbons (Fsp3) is 0.429. The third-order valence-corrected chi connectivity index (χ3v) is 3.24. The van der Waals surface area contributed by atoms with Gasteiger partial charge < -0.3 is 9.47 Å². The van der Waals surface area contributed by atoms with Crippen molar-refractivity contribution in [1.29, 1.82) is 0 Å². The quantitative estimate of drug-likeness (QED) is 0.772. The molecule has 1 saturated carbocycles. The molecule has 2 aliphatic rings. The lowest BCUT2D eigenvalue weighted by molar-refractivity contribution is 0.134. The Kier molecular flexibility index (Phi) is 2.44. The summed E-state index contributed by atoms with van der Waals surface area (Å²) in [4.78, 5) is 0. The van der Waals surface area contributed by atoms with Gasteiger partial charge in [-0.05, 0) is 42.0 Å². The Balaban J connectivity index is 1.94. The molecule has 0 aromatic heterocycles. The second kappa shape index (κ2) is 3.95. The molecule has 1 heterocycles. The third kappa shape index (κ3) is 1.85. The monoisotopic (exact) mass is 216 g/mol. The van der Waals surface area contributed by atoms with E-state index < -0.39 is 0 Å². The summed E-state index contributed by atoms with van der Waals surface area (Å²) in [6.07, 6.45) is 7.16. The second-order valence-electron chi connectivity index (χ2n) is 4.55. The molecule has 0 spiro atoms. The van der Waals surface area contributed by atoms with E-state index in [9.17, 15) is 0 Å². The van der Waals surface area contributed by atoms with Crippen molar-refractivity contribution in [1.82, 2.24) is 0 Å². The molecule has 0 amide bonds. The maximum atomic E-state index is 5.43. The molecule has 1 fully saturated rings. The largest absolute Gasteiger partial charge is 0.496 e. The Hall–Kier alpha value is -1.28. The summed E-state index contributed by atoms with van der Waals surface area (Å²) in [5, 5.41) is 0. The molecule has 1 aromatic carbocycles. The molecule has 0 N–H and O–H groups in total. The molecule has 0 bridgehead atoms. The van der Waals surface area contributed by atoms with E-state index in [0.717, 1.165) is 24.9 Å². The van der Waals surface area contributed by atoms with Gasteiger partial charge in [0, 0.05) is 5.56 Å². The average Bonchev–Trinajstić information content (AvgIpc) is 3.02. The van der Waals surface area contributed by atoms with Gasteiger partial charge in [-0.25, -0.2) is 0 Å². The van der Waals surface area contributed by atoms with Crippen molar-refractivity contribution in [3.05, 3.63) is 34.9 Å². The highest BCUT2D eigenvalue weighted by Gasteiger charge is 2.18. The van der Waals surface area contributed by atoms with Gasteiger partial charge in [0.05, 0.1) is 20.3 Å². The molecule has 0 radical (unpaired) electrons. The van der Waals surface area contributed by atoms with Crippen LogP contribution in [-0.2, 0) is 18.0 Å². The second-order valence-corrected chi connectivity index (χ2v) is 4.55. The lowest BCUT2D eigenvalue weighted by Crippen LogP contribution is -1.91. The number of methoxy groups -OCH3 is 1. The van der Waals surface area contributed by atoms with Crippen molar-refractivity contribution >= 4 is 6.08 Å². The Bertz CT molecular complexity index is 431. The predicted molar refractivity (Wildman–Crippen MR) is 63.2 cm³/mol. The molecule has 0 unspecified atom stereocenters.